The van der Waals surface area contributed by atoms with E-state index in [-0.39, 0.29) is 0 Å². The standard InChI is InChI=1S/C39H28Br2N4O2/c1-46-35-18-13-24(19-36(35)47-2)23-42-45-39-38(37(26-11-7-4-8-12-26)31-21-28(41)15-17-33(31)44-39)34-22-29(25-9-5-3-6-10-25)30-20-27(40)14-16-32(30)43-34/h3-23H,1-2H3,(H,44,45)/b42-23+. The second-order valence-electron chi connectivity index (χ2n) is 10.8. The molecule has 0 saturated carbocycles. The van der Waals surface area contributed by atoms with E-state index in [1.54, 1.807) is 20.4 Å². The topological polar surface area (TPSA) is 68.6 Å². The van der Waals surface area contributed by atoms with Crippen molar-refractivity contribution >= 4 is 65.7 Å². The highest BCUT2D eigenvalue weighted by Crippen LogP contribution is 2.44. The van der Waals surface area contributed by atoms with E-state index in [0.29, 0.717) is 17.3 Å². The van der Waals surface area contributed by atoms with Crippen LogP contribution in [0.1, 0.15) is 5.56 Å². The number of hydrazone groups is 1. The average molecular weight is 744 g/mol. The third-order valence-corrected chi connectivity index (χ3v) is 8.90. The summed E-state index contributed by atoms with van der Waals surface area (Å²) < 4.78 is 12.9. The van der Waals surface area contributed by atoms with E-state index in [0.717, 1.165) is 69.8 Å². The molecule has 1 N–H and O–H groups in total. The maximum Gasteiger partial charge on any atom is 0.161 e. The third kappa shape index (κ3) is 6.22. The van der Waals surface area contributed by atoms with Gasteiger partial charge in [-0.1, -0.05) is 92.5 Å². The molecule has 0 atom stereocenters. The van der Waals surface area contributed by atoms with Gasteiger partial charge >= 0.3 is 0 Å². The molecule has 2 heterocycles. The minimum Gasteiger partial charge on any atom is -0.493 e. The van der Waals surface area contributed by atoms with Gasteiger partial charge in [0.05, 0.1) is 42.7 Å². The number of nitrogens with zero attached hydrogens (tertiary/aromatic N) is 3. The van der Waals surface area contributed by atoms with E-state index < -0.39 is 0 Å². The van der Waals surface area contributed by atoms with Gasteiger partial charge in [-0.25, -0.2) is 9.97 Å². The van der Waals surface area contributed by atoms with Crippen molar-refractivity contribution in [2.75, 3.05) is 19.6 Å². The molecule has 5 aromatic carbocycles. The van der Waals surface area contributed by atoms with Gasteiger partial charge < -0.3 is 9.47 Å². The summed E-state index contributed by atoms with van der Waals surface area (Å²) in [7, 11) is 3.23. The lowest BCUT2D eigenvalue weighted by atomic mass is 9.91. The van der Waals surface area contributed by atoms with Crippen molar-refractivity contribution in [3.63, 3.8) is 0 Å². The van der Waals surface area contributed by atoms with E-state index >= 15 is 0 Å². The van der Waals surface area contributed by atoms with Crippen LogP contribution in [0.25, 0.3) is 55.3 Å². The molecule has 47 heavy (non-hydrogen) atoms. The van der Waals surface area contributed by atoms with E-state index in [1.807, 2.05) is 66.7 Å². The molecule has 0 aliphatic rings. The van der Waals surface area contributed by atoms with Crippen molar-refractivity contribution < 1.29 is 9.47 Å². The fourth-order valence-electron chi connectivity index (χ4n) is 5.75. The summed E-state index contributed by atoms with van der Waals surface area (Å²) in [5.41, 5.74) is 11.6. The number of hydrogen-bond donors (Lipinski definition) is 1. The molecule has 8 heteroatoms. The van der Waals surface area contributed by atoms with Crippen molar-refractivity contribution in [3.05, 3.63) is 136 Å². The number of hydrogen-bond acceptors (Lipinski definition) is 6. The lowest BCUT2D eigenvalue weighted by Crippen LogP contribution is -2.02. The number of anilines is 1. The van der Waals surface area contributed by atoms with Gasteiger partial charge in [0.15, 0.2) is 17.3 Å². The van der Waals surface area contributed by atoms with Gasteiger partial charge in [-0.15, -0.1) is 0 Å². The molecule has 0 spiro atoms. The fraction of sp³-hybridized carbons (Fsp3) is 0.0513. The van der Waals surface area contributed by atoms with Crippen LogP contribution >= 0.6 is 31.9 Å². The molecule has 7 aromatic rings. The van der Waals surface area contributed by atoms with Gasteiger partial charge in [0.2, 0.25) is 0 Å². The zero-order chi connectivity index (χ0) is 32.3. The number of nitrogens with one attached hydrogen (secondary N) is 1. The molecule has 2 aromatic heterocycles. The van der Waals surface area contributed by atoms with Gasteiger partial charge in [0.25, 0.3) is 0 Å². The molecule has 0 amide bonds. The Morgan fingerprint density at radius 3 is 1.94 bits per heavy atom. The smallest absolute Gasteiger partial charge is 0.161 e. The highest BCUT2D eigenvalue weighted by molar-refractivity contribution is 9.10. The van der Waals surface area contributed by atoms with E-state index in [1.165, 1.54) is 0 Å². The normalized spacial score (nSPS) is 11.3. The maximum atomic E-state index is 5.50. The predicted molar refractivity (Wildman–Crippen MR) is 200 cm³/mol. The second-order valence-corrected chi connectivity index (χ2v) is 12.6. The summed E-state index contributed by atoms with van der Waals surface area (Å²) in [6.45, 7) is 0. The minimum absolute atomic E-state index is 0.582. The monoisotopic (exact) mass is 742 g/mol. The average Bonchev–Trinajstić information content (AvgIpc) is 3.11. The summed E-state index contributed by atoms with van der Waals surface area (Å²) >= 11 is 7.38. The molecular weight excluding hydrogens is 716 g/mol. The van der Waals surface area contributed by atoms with Crippen LogP contribution in [0.4, 0.5) is 5.82 Å². The molecule has 0 bridgehead atoms. The largest absolute Gasteiger partial charge is 0.493 e. The number of ether oxygens (including phenoxy) is 2. The van der Waals surface area contributed by atoms with E-state index in [4.69, 9.17) is 19.4 Å². The Labute approximate surface area is 289 Å². The molecule has 6 nitrogen and oxygen atoms in total. The Morgan fingerprint density at radius 1 is 0.617 bits per heavy atom. The number of methoxy groups -OCH3 is 2. The van der Waals surface area contributed by atoms with Crippen LogP contribution in [0.3, 0.4) is 0 Å². The first-order chi connectivity index (χ1) is 23.0. The molecule has 0 saturated heterocycles. The number of benzene rings is 5. The number of halogens is 2. The Balaban J connectivity index is 1.50. The minimum atomic E-state index is 0.582. The molecule has 7 rings (SSSR count). The zero-order valence-electron chi connectivity index (χ0n) is 25.5. The Hall–Kier alpha value is -5.05. The SMILES string of the molecule is COc1ccc(/C=N/Nc2nc3ccc(Br)cc3c(-c3ccccc3)c2-c2cc(-c3ccccc3)c3cc(Br)ccc3n2)cc1OC. The molecule has 0 unspecified atom stereocenters. The van der Waals surface area contributed by atoms with Gasteiger partial charge in [-0.2, -0.15) is 5.10 Å². The highest BCUT2D eigenvalue weighted by Gasteiger charge is 2.22. The Bertz CT molecular complexity index is 2280. The first-order valence-electron chi connectivity index (χ1n) is 14.9. The molecule has 0 radical (unpaired) electrons. The lowest BCUT2D eigenvalue weighted by molar-refractivity contribution is 0.355. The fourth-order valence-corrected chi connectivity index (χ4v) is 6.48. The van der Waals surface area contributed by atoms with Gasteiger partial charge in [-0.05, 0) is 82.9 Å². The molecule has 0 aliphatic carbocycles. The first kappa shape index (κ1) is 30.6. The predicted octanol–water partition coefficient (Wildman–Crippen LogP) is 10.8. The van der Waals surface area contributed by atoms with Crippen molar-refractivity contribution in [1.82, 2.24) is 9.97 Å². The zero-order valence-corrected chi connectivity index (χ0v) is 28.7. The van der Waals surface area contributed by atoms with Crippen LogP contribution < -0.4 is 14.9 Å². The summed E-state index contributed by atoms with van der Waals surface area (Å²) in [4.78, 5) is 10.4. The summed E-state index contributed by atoms with van der Waals surface area (Å²) in [5, 5.41) is 6.71. The molecular formula is C39H28Br2N4O2. The molecule has 230 valence electrons. The van der Waals surface area contributed by atoms with Gasteiger partial charge in [0, 0.05) is 25.3 Å². The van der Waals surface area contributed by atoms with E-state index in [2.05, 4.69) is 97.0 Å². The van der Waals surface area contributed by atoms with Crippen molar-refractivity contribution in [3.8, 4) is 45.0 Å². The van der Waals surface area contributed by atoms with Crippen LogP contribution in [0.15, 0.2) is 135 Å². The van der Waals surface area contributed by atoms with Crippen molar-refractivity contribution in [1.29, 1.82) is 0 Å². The lowest BCUT2D eigenvalue weighted by Gasteiger charge is -2.19. The van der Waals surface area contributed by atoms with Gasteiger partial charge in [-0.3, -0.25) is 5.43 Å². The van der Waals surface area contributed by atoms with Crippen LogP contribution in [-0.4, -0.2) is 30.4 Å². The first-order valence-corrected chi connectivity index (χ1v) is 16.5. The van der Waals surface area contributed by atoms with Crippen LogP contribution in [-0.2, 0) is 0 Å². The maximum absolute atomic E-state index is 5.50. The number of pyridine rings is 2. The van der Waals surface area contributed by atoms with Crippen molar-refractivity contribution in [2.24, 2.45) is 5.10 Å². The highest BCUT2D eigenvalue weighted by atomic mass is 79.9. The number of aromatic nitrogens is 2. The summed E-state index contributed by atoms with van der Waals surface area (Å²) in [6, 6.07) is 40.9. The van der Waals surface area contributed by atoms with E-state index in [9.17, 15) is 0 Å². The van der Waals surface area contributed by atoms with Crippen molar-refractivity contribution in [2.45, 2.75) is 0 Å². The van der Waals surface area contributed by atoms with Crippen LogP contribution in [0.2, 0.25) is 0 Å². The molecule has 0 aliphatic heterocycles. The van der Waals surface area contributed by atoms with Gasteiger partial charge in [0.1, 0.15) is 0 Å². The Kier molecular flexibility index (Phi) is 8.70. The Morgan fingerprint density at radius 2 is 1.26 bits per heavy atom. The van der Waals surface area contributed by atoms with Crippen LogP contribution in [0, 0.1) is 0 Å². The second kappa shape index (κ2) is 13.4. The number of fused-ring (bicyclic) bond motifs is 2. The quantitative estimate of drug-likeness (QED) is 0.124. The molecule has 0 fully saturated rings. The third-order valence-electron chi connectivity index (χ3n) is 7.91. The summed E-state index contributed by atoms with van der Waals surface area (Å²) in [5.74, 6) is 1.86. The summed E-state index contributed by atoms with van der Waals surface area (Å²) in [6.07, 6.45) is 1.74. The number of rotatable bonds is 8. The van der Waals surface area contributed by atoms with Crippen LogP contribution in [0.5, 0.6) is 11.5 Å².